The number of rotatable bonds is 6. The zero-order chi connectivity index (χ0) is 12.0. The van der Waals surface area contributed by atoms with Gasteiger partial charge in [-0.3, -0.25) is 0 Å². The van der Waals surface area contributed by atoms with Crippen molar-refractivity contribution in [1.29, 1.82) is 0 Å². The van der Waals surface area contributed by atoms with Crippen LogP contribution >= 0.6 is 0 Å². The number of carbonyl (C=O) groups is 1. The Kier molecular flexibility index (Phi) is 4.79. The Morgan fingerprint density at radius 2 is 2.44 bits per heavy atom. The molecule has 4 nitrogen and oxygen atoms in total. The van der Waals surface area contributed by atoms with Gasteiger partial charge < -0.3 is 14.3 Å². The van der Waals surface area contributed by atoms with E-state index in [-0.39, 0.29) is 11.3 Å². The highest BCUT2D eigenvalue weighted by Gasteiger charge is 2.21. The van der Waals surface area contributed by atoms with Gasteiger partial charge in [-0.25, -0.2) is 4.79 Å². The van der Waals surface area contributed by atoms with Crippen LogP contribution in [-0.2, 0) is 9.53 Å². The van der Waals surface area contributed by atoms with Crippen molar-refractivity contribution in [2.75, 3.05) is 6.61 Å². The Bertz CT molecular complexity index is 340. The molecule has 1 N–H and O–H groups in total. The van der Waals surface area contributed by atoms with Crippen LogP contribution in [0.15, 0.2) is 35.0 Å². The van der Waals surface area contributed by atoms with E-state index in [0.717, 1.165) is 12.8 Å². The van der Waals surface area contributed by atoms with E-state index in [0.29, 0.717) is 6.61 Å². The quantitative estimate of drug-likeness (QED) is 0.457. The number of hydrogen-bond donors (Lipinski definition) is 1. The maximum atomic E-state index is 11.4. The minimum Gasteiger partial charge on any atom is -0.466 e. The third kappa shape index (κ3) is 3.24. The van der Waals surface area contributed by atoms with Crippen molar-refractivity contribution >= 4 is 5.97 Å². The van der Waals surface area contributed by atoms with Crippen molar-refractivity contribution in [3.63, 3.8) is 0 Å². The van der Waals surface area contributed by atoms with Gasteiger partial charge in [-0.15, -0.1) is 0 Å². The molecule has 0 saturated heterocycles. The Balaban J connectivity index is 2.47. The number of carbonyl (C=O) groups excluding carboxylic acids is 1. The maximum absolute atomic E-state index is 11.4. The Morgan fingerprint density at radius 1 is 1.69 bits per heavy atom. The summed E-state index contributed by atoms with van der Waals surface area (Å²) in [7, 11) is 0. The van der Waals surface area contributed by atoms with Crippen molar-refractivity contribution in [2.45, 2.75) is 25.9 Å². The first-order valence-electron chi connectivity index (χ1n) is 5.24. The van der Waals surface area contributed by atoms with Crippen LogP contribution in [0, 0.1) is 0 Å². The van der Waals surface area contributed by atoms with Gasteiger partial charge >= 0.3 is 5.97 Å². The van der Waals surface area contributed by atoms with Crippen LogP contribution in [0.25, 0.3) is 0 Å². The second kappa shape index (κ2) is 6.12. The monoisotopic (exact) mass is 224 g/mol. The predicted octanol–water partition coefficient (Wildman–Crippen LogP) is 2.21. The summed E-state index contributed by atoms with van der Waals surface area (Å²) < 4.78 is 9.90. The van der Waals surface area contributed by atoms with Crippen molar-refractivity contribution in [3.05, 3.63) is 36.3 Å². The molecule has 0 radical (unpaired) electrons. The molecule has 88 valence electrons. The van der Waals surface area contributed by atoms with Crippen molar-refractivity contribution in [3.8, 4) is 0 Å². The molecule has 1 atom stereocenters. The minimum atomic E-state index is -1.14. The van der Waals surface area contributed by atoms with Gasteiger partial charge in [-0.2, -0.15) is 0 Å². The summed E-state index contributed by atoms with van der Waals surface area (Å²) in [5.41, 5.74) is -0.00828. The molecule has 0 fully saturated rings. The van der Waals surface area contributed by atoms with Gasteiger partial charge in [0.2, 0.25) is 0 Å². The molecular weight excluding hydrogens is 208 g/mol. The SMILES string of the molecule is C=C(C(=O)OCCCC)C(O)c1ccco1. The van der Waals surface area contributed by atoms with Gasteiger partial charge in [0, 0.05) is 0 Å². The number of aliphatic hydroxyl groups is 1. The summed E-state index contributed by atoms with van der Waals surface area (Å²) in [5.74, 6) is -0.296. The Morgan fingerprint density at radius 3 is 3.00 bits per heavy atom. The molecule has 0 amide bonds. The second-order valence-electron chi connectivity index (χ2n) is 3.43. The molecule has 16 heavy (non-hydrogen) atoms. The number of hydrogen-bond acceptors (Lipinski definition) is 4. The first-order valence-corrected chi connectivity index (χ1v) is 5.24. The third-order valence-corrected chi connectivity index (χ3v) is 2.14. The van der Waals surface area contributed by atoms with Crippen LogP contribution in [0.3, 0.4) is 0 Å². The second-order valence-corrected chi connectivity index (χ2v) is 3.43. The van der Waals surface area contributed by atoms with Crippen LogP contribution in [0.1, 0.15) is 31.6 Å². The molecule has 0 aliphatic carbocycles. The average molecular weight is 224 g/mol. The standard InChI is InChI=1S/C12H16O4/c1-3-4-7-16-12(14)9(2)11(13)10-6-5-8-15-10/h5-6,8,11,13H,2-4,7H2,1H3. The lowest BCUT2D eigenvalue weighted by molar-refractivity contribution is -0.140. The van der Waals surface area contributed by atoms with Gasteiger partial charge in [0.05, 0.1) is 18.4 Å². The zero-order valence-corrected chi connectivity index (χ0v) is 9.31. The number of ether oxygens (including phenoxy) is 1. The molecule has 1 rings (SSSR count). The smallest absolute Gasteiger partial charge is 0.336 e. The van der Waals surface area contributed by atoms with Crippen LogP contribution in [0.4, 0.5) is 0 Å². The molecule has 1 aromatic rings. The first-order chi connectivity index (χ1) is 7.66. The van der Waals surface area contributed by atoms with E-state index in [1.165, 1.54) is 6.26 Å². The molecule has 0 aromatic carbocycles. The summed E-state index contributed by atoms with van der Waals surface area (Å²) in [6.45, 7) is 5.85. The van der Waals surface area contributed by atoms with E-state index in [2.05, 4.69) is 6.58 Å². The summed E-state index contributed by atoms with van der Waals surface area (Å²) in [4.78, 5) is 11.4. The van der Waals surface area contributed by atoms with Crippen LogP contribution < -0.4 is 0 Å². The fourth-order valence-electron chi connectivity index (χ4n) is 1.13. The zero-order valence-electron chi connectivity index (χ0n) is 9.31. The highest BCUT2D eigenvalue weighted by molar-refractivity contribution is 5.88. The van der Waals surface area contributed by atoms with Gasteiger partial charge in [-0.05, 0) is 18.6 Å². The van der Waals surface area contributed by atoms with Crippen LogP contribution in [0.5, 0.6) is 0 Å². The lowest BCUT2D eigenvalue weighted by atomic mass is 10.1. The van der Waals surface area contributed by atoms with Crippen molar-refractivity contribution in [1.82, 2.24) is 0 Å². The van der Waals surface area contributed by atoms with E-state index in [9.17, 15) is 9.90 Å². The van der Waals surface area contributed by atoms with E-state index < -0.39 is 12.1 Å². The van der Waals surface area contributed by atoms with Gasteiger partial charge in [0.1, 0.15) is 11.9 Å². The van der Waals surface area contributed by atoms with E-state index >= 15 is 0 Å². The largest absolute Gasteiger partial charge is 0.466 e. The highest BCUT2D eigenvalue weighted by atomic mass is 16.5. The highest BCUT2D eigenvalue weighted by Crippen LogP contribution is 2.21. The molecule has 4 heteroatoms. The van der Waals surface area contributed by atoms with E-state index in [1.807, 2.05) is 6.92 Å². The third-order valence-electron chi connectivity index (χ3n) is 2.14. The lowest BCUT2D eigenvalue weighted by Gasteiger charge is -2.10. The molecule has 1 unspecified atom stereocenters. The average Bonchev–Trinajstić information content (AvgIpc) is 2.80. The molecule has 0 saturated carbocycles. The topological polar surface area (TPSA) is 59.7 Å². The molecule has 0 aliphatic rings. The molecule has 0 aliphatic heterocycles. The number of esters is 1. The Hall–Kier alpha value is -1.55. The van der Waals surface area contributed by atoms with Gasteiger partial charge in [0.25, 0.3) is 0 Å². The fraction of sp³-hybridized carbons (Fsp3) is 0.417. The molecule has 0 spiro atoms. The minimum absolute atomic E-state index is 0.00828. The maximum Gasteiger partial charge on any atom is 0.336 e. The molecule has 1 aromatic heterocycles. The Labute approximate surface area is 94.5 Å². The number of unbranched alkanes of at least 4 members (excludes halogenated alkanes) is 1. The number of aliphatic hydroxyl groups excluding tert-OH is 1. The number of furan rings is 1. The first kappa shape index (κ1) is 12.5. The normalized spacial score (nSPS) is 12.1. The summed E-state index contributed by atoms with van der Waals surface area (Å²) in [6.07, 6.45) is 2.04. The summed E-state index contributed by atoms with van der Waals surface area (Å²) >= 11 is 0. The molecule has 1 heterocycles. The van der Waals surface area contributed by atoms with Gasteiger partial charge in [0.15, 0.2) is 0 Å². The van der Waals surface area contributed by atoms with Crippen molar-refractivity contribution in [2.24, 2.45) is 0 Å². The molecular formula is C12H16O4. The van der Waals surface area contributed by atoms with E-state index in [1.54, 1.807) is 12.1 Å². The van der Waals surface area contributed by atoms with Crippen LogP contribution in [-0.4, -0.2) is 17.7 Å². The van der Waals surface area contributed by atoms with E-state index in [4.69, 9.17) is 9.15 Å². The summed E-state index contributed by atoms with van der Waals surface area (Å²) in [6, 6.07) is 3.21. The lowest BCUT2D eigenvalue weighted by Crippen LogP contribution is -2.14. The van der Waals surface area contributed by atoms with Crippen molar-refractivity contribution < 1.29 is 19.1 Å². The van der Waals surface area contributed by atoms with Crippen LogP contribution in [0.2, 0.25) is 0 Å². The predicted molar refractivity (Wildman–Crippen MR) is 58.7 cm³/mol. The summed E-state index contributed by atoms with van der Waals surface area (Å²) in [5, 5.41) is 9.71. The van der Waals surface area contributed by atoms with Gasteiger partial charge in [-0.1, -0.05) is 19.9 Å². The molecule has 0 bridgehead atoms. The fourth-order valence-corrected chi connectivity index (χ4v) is 1.13.